The Balaban J connectivity index is -0.000000187. The van der Waals surface area contributed by atoms with E-state index >= 15 is 0 Å². The van der Waals surface area contributed by atoms with Crippen molar-refractivity contribution in [2.45, 2.75) is 0 Å². The zero-order valence-electron chi connectivity index (χ0n) is 13.9. The van der Waals surface area contributed by atoms with E-state index in [9.17, 15) is 20.2 Å². The summed E-state index contributed by atoms with van der Waals surface area (Å²) < 4.78 is 0. The number of nitrogens with zero attached hydrogens (tertiary/aromatic N) is 2. The second-order valence-electron chi connectivity index (χ2n) is 4.59. The maximum Gasteiger partial charge on any atom is 0.299 e. The van der Waals surface area contributed by atoms with Crippen LogP contribution in [-0.4, -0.2) is 9.85 Å². The zero-order valence-corrected chi connectivity index (χ0v) is 17.2. The van der Waals surface area contributed by atoms with E-state index in [2.05, 4.69) is 0 Å². The highest BCUT2D eigenvalue weighted by Gasteiger charge is 2.21. The lowest BCUT2D eigenvalue weighted by atomic mass is 10.2. The number of nitrogen functional groups attached to an aromatic ring is 6. The minimum absolute atomic E-state index is 0. The van der Waals surface area contributed by atoms with E-state index in [1.807, 2.05) is 0 Å². The number of nitro groups is 2. The van der Waals surface area contributed by atoms with Crippen molar-refractivity contribution >= 4 is 95.1 Å². The van der Waals surface area contributed by atoms with Gasteiger partial charge >= 0.3 is 0 Å². The van der Waals surface area contributed by atoms with Gasteiger partial charge in [-0.1, -0.05) is 0 Å². The van der Waals surface area contributed by atoms with Crippen LogP contribution in [0.4, 0.5) is 45.5 Å². The van der Waals surface area contributed by atoms with Crippen molar-refractivity contribution in [3.8, 4) is 0 Å². The molecule has 0 saturated heterocycles. The molecule has 0 aliphatic heterocycles. The molecule has 16 heteroatoms. The number of nitrogens with two attached hydrogens (primary N) is 6. The maximum atomic E-state index is 10.4. The third-order valence-corrected chi connectivity index (χ3v) is 2.86. The first-order chi connectivity index (χ1) is 11.0. The number of nitro benzene ring substituents is 2. The molecule has 0 saturated carbocycles. The van der Waals surface area contributed by atoms with Gasteiger partial charge in [0.2, 0.25) is 0 Å². The van der Waals surface area contributed by atoms with Crippen molar-refractivity contribution in [1.29, 1.82) is 0 Å². The van der Waals surface area contributed by atoms with Gasteiger partial charge in [0.1, 0.15) is 11.4 Å². The van der Waals surface area contributed by atoms with E-state index in [1.165, 1.54) is 0 Å². The monoisotopic (exact) mass is 480 g/mol. The van der Waals surface area contributed by atoms with Gasteiger partial charge < -0.3 is 34.4 Å². The van der Waals surface area contributed by atoms with Crippen molar-refractivity contribution in [2.24, 2.45) is 0 Å². The molecule has 28 heavy (non-hydrogen) atoms. The molecular formula is C12H20Cl4N8O4. The molecule has 0 bridgehead atoms. The molecule has 160 valence electrons. The lowest BCUT2D eigenvalue weighted by Gasteiger charge is -2.03. The number of benzene rings is 2. The van der Waals surface area contributed by atoms with Crippen LogP contribution in [0.15, 0.2) is 24.3 Å². The van der Waals surface area contributed by atoms with Gasteiger partial charge in [-0.15, -0.1) is 49.6 Å². The summed E-state index contributed by atoms with van der Waals surface area (Å²) in [5.74, 6) is 0. The highest BCUT2D eigenvalue weighted by atomic mass is 35.5. The van der Waals surface area contributed by atoms with Crippen LogP contribution in [0.1, 0.15) is 0 Å². The molecule has 0 spiro atoms. The average Bonchev–Trinajstić information content (AvgIpc) is 2.45. The van der Waals surface area contributed by atoms with Gasteiger partial charge in [0.15, 0.2) is 0 Å². The highest BCUT2D eigenvalue weighted by Crippen LogP contribution is 2.32. The fraction of sp³-hybridized carbons (Fsp3) is 0. The third-order valence-electron chi connectivity index (χ3n) is 2.86. The van der Waals surface area contributed by atoms with Crippen molar-refractivity contribution in [3.63, 3.8) is 0 Å². The van der Waals surface area contributed by atoms with E-state index in [0.29, 0.717) is 22.7 Å². The van der Waals surface area contributed by atoms with Crippen LogP contribution in [0.2, 0.25) is 0 Å². The summed E-state index contributed by atoms with van der Waals surface area (Å²) in [6.07, 6.45) is 0. The summed E-state index contributed by atoms with van der Waals surface area (Å²) in [4.78, 5) is 19.1. The van der Waals surface area contributed by atoms with Crippen molar-refractivity contribution in [3.05, 3.63) is 44.5 Å². The second-order valence-corrected chi connectivity index (χ2v) is 4.59. The van der Waals surface area contributed by atoms with Gasteiger partial charge in [-0.25, -0.2) is 0 Å². The number of halogens is 4. The lowest BCUT2D eigenvalue weighted by Crippen LogP contribution is -2.01. The summed E-state index contributed by atoms with van der Waals surface area (Å²) >= 11 is 0. The third kappa shape index (κ3) is 8.26. The SMILES string of the molecule is Cl.Cl.Cl.Cl.Nc1cc(N)c(N)cc1N.Nc1cc(N)c([N+](=O)[O-])cc1[N+](=O)[O-]. The van der Waals surface area contributed by atoms with Crippen molar-refractivity contribution < 1.29 is 9.85 Å². The molecule has 2 aromatic rings. The first kappa shape index (κ1) is 32.8. The molecule has 0 atom stereocenters. The first-order valence-corrected chi connectivity index (χ1v) is 6.22. The van der Waals surface area contributed by atoms with Crippen LogP contribution in [-0.2, 0) is 0 Å². The largest absolute Gasteiger partial charge is 0.397 e. The molecule has 0 fully saturated rings. The maximum absolute atomic E-state index is 10.4. The van der Waals surface area contributed by atoms with E-state index in [4.69, 9.17) is 34.4 Å². The van der Waals surface area contributed by atoms with Crippen LogP contribution < -0.4 is 34.4 Å². The fourth-order valence-corrected chi connectivity index (χ4v) is 1.60. The molecule has 0 amide bonds. The second kappa shape index (κ2) is 13.4. The molecule has 0 aliphatic carbocycles. The van der Waals surface area contributed by atoms with E-state index in [0.717, 1.165) is 12.1 Å². The van der Waals surface area contributed by atoms with Crippen LogP contribution in [0.5, 0.6) is 0 Å². The molecule has 0 aliphatic rings. The highest BCUT2D eigenvalue weighted by molar-refractivity contribution is 5.86. The number of hydrogen-bond donors (Lipinski definition) is 6. The lowest BCUT2D eigenvalue weighted by molar-refractivity contribution is -0.393. The molecule has 0 aromatic heterocycles. The molecule has 0 radical (unpaired) electrons. The predicted molar refractivity (Wildman–Crippen MR) is 122 cm³/mol. The summed E-state index contributed by atoms with van der Waals surface area (Å²) in [6, 6.07) is 4.83. The summed E-state index contributed by atoms with van der Waals surface area (Å²) in [6.45, 7) is 0. The minimum Gasteiger partial charge on any atom is -0.397 e. The number of anilines is 6. The summed E-state index contributed by atoms with van der Waals surface area (Å²) in [5, 5.41) is 20.7. The van der Waals surface area contributed by atoms with Crippen LogP contribution in [0.25, 0.3) is 0 Å². The van der Waals surface area contributed by atoms with E-state index in [-0.39, 0.29) is 61.0 Å². The molecule has 0 unspecified atom stereocenters. The standard InChI is InChI=1S/C6H6N4O4.C6H10N4.4ClH/c7-3-1-4(8)6(10(13)14)2-5(3)9(11)12;7-3-1-4(8)6(10)2-5(3)9;;;;/h1-2H,7-8H2;1-2H,7-10H2;4*1H. The predicted octanol–water partition coefficient (Wildman–Crippen LogP) is 2.37. The first-order valence-electron chi connectivity index (χ1n) is 6.22. The molecule has 12 N–H and O–H groups in total. The smallest absolute Gasteiger partial charge is 0.299 e. The van der Waals surface area contributed by atoms with Gasteiger partial charge in [0.25, 0.3) is 11.4 Å². The molecule has 0 heterocycles. The van der Waals surface area contributed by atoms with Gasteiger partial charge in [0.05, 0.1) is 38.7 Å². The Hall–Kier alpha value is -2.80. The molecule has 2 rings (SSSR count). The molecular weight excluding hydrogens is 462 g/mol. The zero-order chi connectivity index (χ0) is 18.6. The van der Waals surface area contributed by atoms with Crippen molar-refractivity contribution in [2.75, 3.05) is 34.4 Å². The Morgan fingerprint density at radius 3 is 0.929 bits per heavy atom. The quantitative estimate of drug-likeness (QED) is 0.207. The average molecular weight is 482 g/mol. The van der Waals surface area contributed by atoms with Crippen LogP contribution in [0.3, 0.4) is 0 Å². The Kier molecular flexibility index (Phi) is 15.7. The van der Waals surface area contributed by atoms with Gasteiger partial charge in [0, 0.05) is 0 Å². The number of rotatable bonds is 2. The van der Waals surface area contributed by atoms with Crippen LogP contribution in [0, 0.1) is 20.2 Å². The Bertz CT molecular complexity index is 739. The van der Waals surface area contributed by atoms with E-state index < -0.39 is 21.2 Å². The summed E-state index contributed by atoms with van der Waals surface area (Å²) in [5.41, 5.74) is 32.6. The van der Waals surface area contributed by atoms with Gasteiger partial charge in [-0.3, -0.25) is 20.2 Å². The topological polar surface area (TPSA) is 242 Å². The molecule has 12 nitrogen and oxygen atoms in total. The van der Waals surface area contributed by atoms with Gasteiger partial charge in [-0.2, -0.15) is 0 Å². The Labute approximate surface area is 183 Å². The van der Waals surface area contributed by atoms with Crippen molar-refractivity contribution in [1.82, 2.24) is 0 Å². The Morgan fingerprint density at radius 2 is 0.714 bits per heavy atom. The molecule has 2 aromatic carbocycles. The van der Waals surface area contributed by atoms with Gasteiger partial charge in [-0.05, 0) is 18.2 Å². The Morgan fingerprint density at radius 1 is 0.500 bits per heavy atom. The summed E-state index contributed by atoms with van der Waals surface area (Å²) in [7, 11) is 0. The number of hydrogen-bond acceptors (Lipinski definition) is 10. The minimum atomic E-state index is -0.804. The van der Waals surface area contributed by atoms with E-state index in [1.54, 1.807) is 12.1 Å². The van der Waals surface area contributed by atoms with Crippen LogP contribution >= 0.6 is 49.6 Å². The normalized spacial score (nSPS) is 8.29. The fourth-order valence-electron chi connectivity index (χ4n) is 1.60.